The fourth-order valence-electron chi connectivity index (χ4n) is 12.4. The van der Waals surface area contributed by atoms with E-state index in [9.17, 15) is 63.0 Å². The molecule has 0 radical (unpaired) electrons. The number of amides is 12. The lowest BCUT2D eigenvalue weighted by Crippen LogP contribution is -2.61. The molecular weight excluding hydrogens is 1480 g/mol. The number of carboxylic acid groups (broad SMARTS) is 1. The third kappa shape index (κ3) is 28.8. The number of halogens is 1. The number of rotatable bonds is 43. The molecule has 0 bridgehead atoms. The van der Waals surface area contributed by atoms with Crippen LogP contribution in [0.3, 0.4) is 0 Å². The molecule has 19 N–H and O–H groups in total. The molecule has 1 aliphatic heterocycles. The molecule has 604 valence electrons. The van der Waals surface area contributed by atoms with Crippen LogP contribution in [0.4, 0.5) is 5.82 Å². The lowest BCUT2D eigenvalue weighted by Gasteiger charge is -2.31. The second-order valence-corrected chi connectivity index (χ2v) is 28.1. The van der Waals surface area contributed by atoms with Crippen LogP contribution >= 0.6 is 11.6 Å². The van der Waals surface area contributed by atoms with Gasteiger partial charge in [0.25, 0.3) is 11.8 Å². The van der Waals surface area contributed by atoms with Crippen molar-refractivity contribution in [1.29, 1.82) is 0 Å². The fourth-order valence-corrected chi connectivity index (χ4v) is 12.5. The number of aromatic nitrogens is 4. The summed E-state index contributed by atoms with van der Waals surface area (Å²) in [6.07, 6.45) is 7.97. The van der Waals surface area contributed by atoms with Gasteiger partial charge in [0.15, 0.2) is 5.96 Å². The predicted molar refractivity (Wildman–Crippen MR) is 417 cm³/mol. The molecular formula is C77H99ClN20O15. The first-order chi connectivity index (χ1) is 54.0. The van der Waals surface area contributed by atoms with Gasteiger partial charge in [-0.05, 0) is 135 Å². The van der Waals surface area contributed by atoms with E-state index in [1.54, 1.807) is 50.2 Å². The van der Waals surface area contributed by atoms with Crippen LogP contribution in [0.2, 0.25) is 5.02 Å². The molecule has 4 heterocycles. The molecule has 0 saturated carbocycles. The number of nitrogen functional groups attached to an aromatic ring is 1. The Hall–Kier alpha value is -12.3. The van der Waals surface area contributed by atoms with Gasteiger partial charge in [-0.25, -0.2) is 9.97 Å². The molecule has 113 heavy (non-hydrogen) atoms. The normalized spacial score (nSPS) is 14.8. The molecule has 6 aromatic rings. The summed E-state index contributed by atoms with van der Waals surface area (Å²) in [5.41, 5.74) is 18.7. The second kappa shape index (κ2) is 44.5. The van der Waals surface area contributed by atoms with E-state index in [0.717, 1.165) is 10.8 Å². The van der Waals surface area contributed by atoms with Gasteiger partial charge in [0, 0.05) is 88.4 Å². The van der Waals surface area contributed by atoms with Crippen molar-refractivity contribution < 1.29 is 72.5 Å². The molecule has 36 heteroatoms. The van der Waals surface area contributed by atoms with Gasteiger partial charge in [-0.1, -0.05) is 86.1 Å². The van der Waals surface area contributed by atoms with Crippen molar-refractivity contribution in [1.82, 2.24) is 83.3 Å². The van der Waals surface area contributed by atoms with Gasteiger partial charge in [0.2, 0.25) is 59.1 Å². The first-order valence-electron chi connectivity index (χ1n) is 37.1. The number of aliphatic hydroxyl groups is 1. The summed E-state index contributed by atoms with van der Waals surface area (Å²) in [7, 11) is 0. The van der Waals surface area contributed by atoms with E-state index in [2.05, 4.69) is 83.4 Å². The number of carbonyl (C=O) groups is 13. The van der Waals surface area contributed by atoms with Gasteiger partial charge >= 0.3 is 5.97 Å². The quantitative estimate of drug-likeness (QED) is 0.0137. The molecule has 10 atom stereocenters. The number of benzene rings is 3. The van der Waals surface area contributed by atoms with Crippen LogP contribution in [0.5, 0.6) is 0 Å². The minimum absolute atomic E-state index is 0.0122. The average Bonchev–Trinajstić information content (AvgIpc) is 1.70. The fraction of sp³-hybridized carbons (Fsp3) is 0.429. The van der Waals surface area contributed by atoms with Crippen LogP contribution in [0.1, 0.15) is 129 Å². The summed E-state index contributed by atoms with van der Waals surface area (Å²) in [6.45, 7) is 4.93. The maximum atomic E-state index is 15.1. The number of guanidine groups is 1. The summed E-state index contributed by atoms with van der Waals surface area (Å²) in [5.74, 6) is -11.4. The van der Waals surface area contributed by atoms with Crippen molar-refractivity contribution in [2.24, 2.45) is 22.4 Å². The van der Waals surface area contributed by atoms with Crippen molar-refractivity contribution in [2.75, 3.05) is 38.5 Å². The largest absolute Gasteiger partial charge is 0.480 e. The van der Waals surface area contributed by atoms with Crippen molar-refractivity contribution in [3.05, 3.63) is 161 Å². The van der Waals surface area contributed by atoms with Crippen LogP contribution in [0, 0.1) is 5.92 Å². The lowest BCUT2D eigenvalue weighted by atomic mass is 9.99. The summed E-state index contributed by atoms with van der Waals surface area (Å²) in [6, 6.07) is 11.2. The van der Waals surface area contributed by atoms with Crippen LogP contribution < -0.4 is 75.7 Å². The third-order valence-electron chi connectivity index (χ3n) is 18.3. The number of fused-ring (bicyclic) bond motifs is 1. The molecule has 1 fully saturated rings. The van der Waals surface area contributed by atoms with E-state index in [-0.39, 0.29) is 132 Å². The summed E-state index contributed by atoms with van der Waals surface area (Å²) in [4.78, 5) is 204. The average molecular weight is 1580 g/mol. The number of carboxylic acids is 1. The number of pyridine rings is 2. The maximum absolute atomic E-state index is 15.1. The molecule has 12 amide bonds. The van der Waals surface area contributed by atoms with E-state index < -0.39 is 144 Å². The number of hydrogen-bond donors (Lipinski definition) is 16. The smallest absolute Gasteiger partial charge is 0.325 e. The van der Waals surface area contributed by atoms with E-state index in [4.69, 9.17) is 28.8 Å². The van der Waals surface area contributed by atoms with Crippen molar-refractivity contribution >= 4 is 111 Å². The molecule has 0 aliphatic carbocycles. The Balaban J connectivity index is 1.16. The third-order valence-corrected chi connectivity index (χ3v) is 18.5. The van der Waals surface area contributed by atoms with Crippen molar-refractivity contribution in [3.63, 3.8) is 0 Å². The maximum Gasteiger partial charge on any atom is 0.325 e. The topological polar surface area (TPSA) is 540 Å². The lowest BCUT2D eigenvalue weighted by molar-refractivity contribution is -0.144. The zero-order valence-corrected chi connectivity index (χ0v) is 64.0. The minimum atomic E-state index is -1.88. The zero-order chi connectivity index (χ0) is 82.1. The highest BCUT2D eigenvalue weighted by Gasteiger charge is 2.41. The first-order valence-corrected chi connectivity index (χ1v) is 37.5. The van der Waals surface area contributed by atoms with Crippen LogP contribution in [0.15, 0.2) is 133 Å². The van der Waals surface area contributed by atoms with Crippen molar-refractivity contribution in [2.45, 2.75) is 172 Å². The summed E-state index contributed by atoms with van der Waals surface area (Å²) >= 11 is 6.25. The minimum Gasteiger partial charge on any atom is -0.480 e. The van der Waals surface area contributed by atoms with Crippen LogP contribution in [-0.2, 0) is 72.0 Å². The van der Waals surface area contributed by atoms with Gasteiger partial charge in [-0.3, -0.25) is 77.3 Å². The molecule has 3 aromatic heterocycles. The monoisotopic (exact) mass is 1580 g/mol. The Labute approximate surface area is 657 Å². The molecule has 1 saturated heterocycles. The number of nitrogens with two attached hydrogens (primary N) is 3. The summed E-state index contributed by atoms with van der Waals surface area (Å²) in [5, 5.41) is 52.0. The highest BCUT2D eigenvalue weighted by molar-refractivity contribution is 6.30. The molecule has 3 aromatic carbocycles. The van der Waals surface area contributed by atoms with Crippen LogP contribution in [-0.4, -0.2) is 211 Å². The molecule has 7 rings (SSSR count). The Bertz CT molecular complexity index is 4300. The van der Waals surface area contributed by atoms with E-state index in [1.165, 1.54) is 68.1 Å². The molecule has 35 nitrogen and oxygen atoms in total. The van der Waals surface area contributed by atoms with E-state index in [1.807, 2.05) is 42.5 Å². The number of likely N-dealkylation sites (tertiary alicyclic amines) is 1. The number of aliphatic imine (C=N–C) groups is 1. The first kappa shape index (κ1) is 88.0. The Morgan fingerprint density at radius 3 is 1.72 bits per heavy atom. The van der Waals surface area contributed by atoms with Gasteiger partial charge in [0.1, 0.15) is 71.9 Å². The number of hydrogen-bond acceptors (Lipinski definition) is 20. The van der Waals surface area contributed by atoms with E-state index in [0.29, 0.717) is 28.1 Å². The molecule has 0 spiro atoms. The Kier molecular flexibility index (Phi) is 34.7. The number of nitrogens with one attached hydrogen (secondary N) is 11. The Morgan fingerprint density at radius 1 is 0.549 bits per heavy atom. The number of aliphatic carboxylic acids is 1. The van der Waals surface area contributed by atoms with Crippen LogP contribution in [0.25, 0.3) is 10.8 Å². The summed E-state index contributed by atoms with van der Waals surface area (Å²) < 4.78 is 0. The second-order valence-electron chi connectivity index (χ2n) is 27.7. The number of nitrogens with zero attached hydrogens (tertiary/aromatic N) is 6. The highest BCUT2D eigenvalue weighted by Crippen LogP contribution is 2.22. The van der Waals surface area contributed by atoms with Gasteiger partial charge in [-0.15, -0.1) is 0 Å². The van der Waals surface area contributed by atoms with Gasteiger partial charge in [0.05, 0.1) is 18.4 Å². The molecule has 1 aliphatic rings. The number of carbonyl (C=O) groups excluding carboxylic acids is 12. The van der Waals surface area contributed by atoms with Gasteiger partial charge < -0.3 is 90.8 Å². The van der Waals surface area contributed by atoms with Crippen molar-refractivity contribution in [3.8, 4) is 0 Å². The number of anilines is 1. The zero-order valence-electron chi connectivity index (χ0n) is 63.2. The standard InChI is InChI=1S/C77H99ClN20O15/c1-44(2)35-57(69(105)93-56(18-11-31-87-77(80)81)75(111)98-34-12-19-63(98)74(110)89-45(3)76(112)113)94-68(104)54(16-7-8-29-85-65(101)52-24-27-64(79)88-41-52)91-67(103)55(17-10-30-86-66(102)61-42-83-32-33-84-61)92-73(109)62(43-99)97-72(108)60(39-49-13-9-28-82-40-49)96-71(107)59(37-47-21-25-53(78)26-22-47)95-70(106)58(90-46(4)100)38-48-20-23-50-14-5-6-15-51(50)36-48/h5-6,9,13-15,20-28,32-33,36,40-42,44-45,54-60,62-63,99H,7-8,10-12,16-19,29-31,34-35,37-39,43H2,1-4H3,(H2,79,88)(H,85,101)(H,86,102)(H,89,110)(H,90,100)(H,91,103)(H,92,109)(H,93,105)(H,94,104)(H,95,106)(H,96,107)(H,97,108)(H,112,113)(H4,80,81,87)/t45-,54-,55-,56-,57-,58-,59-,60-,62-,63+/m0/s1. The van der Waals surface area contributed by atoms with Gasteiger partial charge in [-0.2, -0.15) is 0 Å². The predicted octanol–water partition coefficient (Wildman–Crippen LogP) is 0.0644. The number of aliphatic hydroxyl groups excluding tert-OH is 1. The van der Waals surface area contributed by atoms with E-state index >= 15 is 9.59 Å². The number of unbranched alkanes of at least 4 members (excludes halogenated alkanes) is 1. The SMILES string of the molecule is CC(=O)N[C@@H](Cc1ccc2ccccc2c1)C(=O)N[C@@H](Cc1ccc(Cl)cc1)C(=O)N[C@@H](Cc1cccnc1)C(=O)N[C@@H](CO)C(=O)N[C@@H](CCCNC(=O)c1cnccn1)C(=O)N[C@@H](CCCCNC(=O)c1ccc(N)nc1)C(=O)N[C@@H](CC(C)C)C(=O)N[C@@H](CCCN=C(N)N)C(=O)N1CCC[C@@H]1C(=O)N[C@@H](C)C(=O)O. The highest BCUT2D eigenvalue weighted by atomic mass is 35.5. The Morgan fingerprint density at radius 2 is 1.11 bits per heavy atom. The molecule has 0 unspecified atom stereocenters.